The third kappa shape index (κ3) is 4.08. The van der Waals surface area contributed by atoms with E-state index < -0.39 is 12.0 Å². The topological polar surface area (TPSA) is 64.6 Å². The molecule has 3 aromatic rings. The molecular formula is C22H21NO4. The number of amides is 1. The summed E-state index contributed by atoms with van der Waals surface area (Å²) >= 11 is 0. The standard InChI is InChI=1S/C22H21NO4/c1-26-20-13-6-4-9-16(20)14-19(22(25)27-2)23-21(24)18-12-7-10-15-8-3-5-11-17(15)18/h3-13,19H,14H2,1-2H3,(H,23,24)/t19-/m1/s1. The molecule has 3 rings (SSSR count). The van der Waals surface area contributed by atoms with Crippen molar-refractivity contribution in [2.45, 2.75) is 12.5 Å². The average molecular weight is 363 g/mol. The first-order valence-electron chi connectivity index (χ1n) is 8.62. The Morgan fingerprint density at radius 1 is 0.926 bits per heavy atom. The quantitative estimate of drug-likeness (QED) is 0.682. The van der Waals surface area contributed by atoms with Crippen LogP contribution in [0.5, 0.6) is 5.75 Å². The summed E-state index contributed by atoms with van der Waals surface area (Å²) in [5, 5.41) is 4.60. The van der Waals surface area contributed by atoms with Crippen molar-refractivity contribution >= 4 is 22.6 Å². The molecule has 0 saturated heterocycles. The molecule has 0 unspecified atom stereocenters. The highest BCUT2D eigenvalue weighted by molar-refractivity contribution is 6.08. The molecule has 0 aliphatic carbocycles. The lowest BCUT2D eigenvalue weighted by molar-refractivity contribution is -0.142. The normalized spacial score (nSPS) is 11.6. The van der Waals surface area contributed by atoms with Gasteiger partial charge in [-0.15, -0.1) is 0 Å². The first-order chi connectivity index (χ1) is 13.1. The number of nitrogens with one attached hydrogen (secondary N) is 1. The lowest BCUT2D eigenvalue weighted by Gasteiger charge is -2.18. The zero-order valence-electron chi connectivity index (χ0n) is 15.3. The van der Waals surface area contributed by atoms with E-state index in [2.05, 4.69) is 5.32 Å². The van der Waals surface area contributed by atoms with Gasteiger partial charge >= 0.3 is 5.97 Å². The fraction of sp³-hybridized carbons (Fsp3) is 0.182. The summed E-state index contributed by atoms with van der Waals surface area (Å²) in [7, 11) is 2.88. The van der Waals surface area contributed by atoms with Crippen molar-refractivity contribution in [1.82, 2.24) is 5.32 Å². The summed E-state index contributed by atoms with van der Waals surface area (Å²) in [5.41, 5.74) is 1.33. The third-order valence-corrected chi connectivity index (χ3v) is 4.44. The Balaban J connectivity index is 1.88. The van der Waals surface area contributed by atoms with E-state index in [1.165, 1.54) is 7.11 Å². The smallest absolute Gasteiger partial charge is 0.328 e. The fourth-order valence-corrected chi connectivity index (χ4v) is 3.09. The minimum atomic E-state index is -0.822. The molecule has 3 aromatic carbocycles. The molecule has 1 amide bonds. The van der Waals surface area contributed by atoms with Crippen LogP contribution in [0.25, 0.3) is 10.8 Å². The van der Waals surface area contributed by atoms with Crippen molar-refractivity contribution in [2.24, 2.45) is 0 Å². The number of fused-ring (bicyclic) bond motifs is 1. The highest BCUT2D eigenvalue weighted by Gasteiger charge is 2.24. The van der Waals surface area contributed by atoms with E-state index in [1.54, 1.807) is 13.2 Å². The van der Waals surface area contributed by atoms with Gasteiger partial charge in [0.2, 0.25) is 0 Å². The summed E-state index contributed by atoms with van der Waals surface area (Å²) in [6, 6.07) is 19.7. The lowest BCUT2D eigenvalue weighted by atomic mass is 10.0. The number of ether oxygens (including phenoxy) is 2. The molecule has 1 N–H and O–H groups in total. The maximum Gasteiger partial charge on any atom is 0.328 e. The molecule has 5 heteroatoms. The predicted octanol–water partition coefficient (Wildman–Crippen LogP) is 3.36. The van der Waals surface area contributed by atoms with Crippen LogP contribution in [-0.4, -0.2) is 32.1 Å². The van der Waals surface area contributed by atoms with Crippen molar-refractivity contribution in [3.8, 4) is 5.75 Å². The van der Waals surface area contributed by atoms with Gasteiger partial charge in [0.15, 0.2) is 0 Å². The van der Waals surface area contributed by atoms with Crippen LogP contribution >= 0.6 is 0 Å². The highest BCUT2D eigenvalue weighted by Crippen LogP contribution is 2.21. The molecule has 0 saturated carbocycles. The van der Waals surface area contributed by atoms with Crippen LogP contribution in [0.3, 0.4) is 0 Å². The van der Waals surface area contributed by atoms with Crippen LogP contribution < -0.4 is 10.1 Å². The predicted molar refractivity (Wildman–Crippen MR) is 104 cm³/mol. The second kappa shape index (κ2) is 8.36. The Kier molecular flexibility index (Phi) is 5.71. The number of esters is 1. The molecular weight excluding hydrogens is 342 g/mol. The first-order valence-corrected chi connectivity index (χ1v) is 8.62. The summed E-state index contributed by atoms with van der Waals surface area (Å²) in [6.45, 7) is 0. The SMILES string of the molecule is COC(=O)[C@@H](Cc1ccccc1OC)NC(=O)c1cccc2ccccc12. The van der Waals surface area contributed by atoms with E-state index in [-0.39, 0.29) is 12.3 Å². The van der Waals surface area contributed by atoms with Crippen molar-refractivity contribution < 1.29 is 19.1 Å². The van der Waals surface area contributed by atoms with Crippen LogP contribution in [0, 0.1) is 0 Å². The van der Waals surface area contributed by atoms with Crippen LogP contribution in [0.1, 0.15) is 15.9 Å². The minimum Gasteiger partial charge on any atom is -0.496 e. The summed E-state index contributed by atoms with van der Waals surface area (Å²) in [5.74, 6) is -0.169. The first kappa shape index (κ1) is 18.5. The summed E-state index contributed by atoms with van der Waals surface area (Å²) < 4.78 is 10.2. The summed E-state index contributed by atoms with van der Waals surface area (Å²) in [4.78, 5) is 25.2. The second-order valence-corrected chi connectivity index (χ2v) is 6.09. The summed E-state index contributed by atoms with van der Waals surface area (Å²) in [6.07, 6.45) is 0.271. The van der Waals surface area contributed by atoms with Crippen LogP contribution in [0.15, 0.2) is 66.7 Å². The molecule has 1 atom stereocenters. The molecule has 0 bridgehead atoms. The Bertz CT molecular complexity index is 962. The van der Waals surface area contributed by atoms with Gasteiger partial charge in [0.1, 0.15) is 11.8 Å². The van der Waals surface area contributed by atoms with E-state index in [0.29, 0.717) is 11.3 Å². The van der Waals surface area contributed by atoms with Crippen molar-refractivity contribution in [1.29, 1.82) is 0 Å². The Labute approximate surface area is 157 Å². The maximum absolute atomic E-state index is 12.9. The molecule has 0 radical (unpaired) electrons. The number of methoxy groups -OCH3 is 2. The van der Waals surface area contributed by atoms with Crippen molar-refractivity contribution in [2.75, 3.05) is 14.2 Å². The molecule has 0 fully saturated rings. The van der Waals surface area contributed by atoms with Crippen LogP contribution in [0.4, 0.5) is 0 Å². The average Bonchev–Trinajstić information content (AvgIpc) is 2.72. The van der Waals surface area contributed by atoms with E-state index in [1.807, 2.05) is 60.7 Å². The molecule has 0 aliphatic rings. The molecule has 0 aliphatic heterocycles. The molecule has 0 heterocycles. The number of para-hydroxylation sites is 1. The van der Waals surface area contributed by atoms with E-state index in [0.717, 1.165) is 16.3 Å². The van der Waals surface area contributed by atoms with Crippen LogP contribution in [0.2, 0.25) is 0 Å². The van der Waals surface area contributed by atoms with Gasteiger partial charge in [-0.2, -0.15) is 0 Å². The third-order valence-electron chi connectivity index (χ3n) is 4.44. The lowest BCUT2D eigenvalue weighted by Crippen LogP contribution is -2.43. The zero-order valence-corrected chi connectivity index (χ0v) is 15.3. The van der Waals surface area contributed by atoms with Gasteiger partial charge in [-0.3, -0.25) is 4.79 Å². The van der Waals surface area contributed by atoms with Gasteiger partial charge in [-0.25, -0.2) is 4.79 Å². The van der Waals surface area contributed by atoms with E-state index in [4.69, 9.17) is 9.47 Å². The molecule has 138 valence electrons. The molecule has 0 aromatic heterocycles. The van der Waals surface area contributed by atoms with Crippen LogP contribution in [-0.2, 0) is 16.0 Å². The molecule has 5 nitrogen and oxygen atoms in total. The largest absolute Gasteiger partial charge is 0.496 e. The Morgan fingerprint density at radius 2 is 1.63 bits per heavy atom. The monoisotopic (exact) mass is 363 g/mol. The number of hydrogen-bond acceptors (Lipinski definition) is 4. The number of carbonyl (C=O) groups excluding carboxylic acids is 2. The van der Waals surface area contributed by atoms with Gasteiger partial charge in [0.25, 0.3) is 5.91 Å². The van der Waals surface area contributed by atoms with Crippen molar-refractivity contribution in [3.63, 3.8) is 0 Å². The van der Waals surface area contributed by atoms with Gasteiger partial charge in [-0.05, 0) is 28.5 Å². The minimum absolute atomic E-state index is 0.271. The van der Waals surface area contributed by atoms with Gasteiger partial charge in [0.05, 0.1) is 14.2 Å². The highest BCUT2D eigenvalue weighted by atomic mass is 16.5. The number of benzene rings is 3. The van der Waals surface area contributed by atoms with Crippen molar-refractivity contribution in [3.05, 3.63) is 77.9 Å². The number of carbonyl (C=O) groups is 2. The fourth-order valence-electron chi connectivity index (χ4n) is 3.09. The molecule has 0 spiro atoms. The van der Waals surface area contributed by atoms with Gasteiger partial charge in [-0.1, -0.05) is 54.6 Å². The van der Waals surface area contributed by atoms with Gasteiger partial charge in [0, 0.05) is 12.0 Å². The number of rotatable bonds is 6. The second-order valence-electron chi connectivity index (χ2n) is 6.09. The maximum atomic E-state index is 12.9. The van der Waals surface area contributed by atoms with E-state index >= 15 is 0 Å². The van der Waals surface area contributed by atoms with E-state index in [9.17, 15) is 9.59 Å². The Hall–Kier alpha value is -3.34. The number of hydrogen-bond donors (Lipinski definition) is 1. The zero-order chi connectivity index (χ0) is 19.2. The molecule has 27 heavy (non-hydrogen) atoms. The van der Waals surface area contributed by atoms with Gasteiger partial charge < -0.3 is 14.8 Å². The Morgan fingerprint density at radius 3 is 2.41 bits per heavy atom.